The van der Waals surface area contributed by atoms with E-state index in [0.29, 0.717) is 30.0 Å². The van der Waals surface area contributed by atoms with E-state index in [4.69, 9.17) is 27.0 Å². The highest BCUT2D eigenvalue weighted by atomic mass is 32.2. The van der Waals surface area contributed by atoms with Crippen molar-refractivity contribution in [1.82, 2.24) is 0 Å². The molecule has 2 aromatic carbocycles. The van der Waals surface area contributed by atoms with Crippen molar-refractivity contribution in [2.24, 2.45) is 11.5 Å². The van der Waals surface area contributed by atoms with E-state index in [1.165, 1.54) is 18.9 Å². The molecule has 10 heteroatoms. The molecular formula is C22H31N3O6S. The van der Waals surface area contributed by atoms with Gasteiger partial charge in [0.15, 0.2) is 5.60 Å². The minimum Gasteiger partial charge on any atom is -0.497 e. The molecule has 0 saturated carbocycles. The third kappa shape index (κ3) is 8.39. The number of unbranched alkanes of at least 4 members (excludes halogenated alkanes) is 1. The maximum Gasteiger partial charge on any atom is 0.341 e. The van der Waals surface area contributed by atoms with Crippen LogP contribution in [0.15, 0.2) is 53.4 Å². The number of nitrogen functional groups attached to an aromatic ring is 1. The maximum atomic E-state index is 11.6. The normalized spacial score (nSPS) is 13.2. The topological polar surface area (TPSA) is 182 Å². The van der Waals surface area contributed by atoms with Gasteiger partial charge in [0.1, 0.15) is 11.8 Å². The number of hydrogen-bond acceptors (Lipinski definition) is 8. The Morgan fingerprint density at radius 2 is 1.72 bits per heavy atom. The molecule has 32 heavy (non-hydrogen) atoms. The molecule has 2 rings (SSSR count). The number of benzene rings is 2. The molecule has 0 amide bonds. The first-order valence-electron chi connectivity index (χ1n) is 9.91. The Labute approximate surface area is 191 Å². The van der Waals surface area contributed by atoms with Crippen molar-refractivity contribution in [3.05, 3.63) is 54.1 Å². The van der Waals surface area contributed by atoms with Gasteiger partial charge in [0.05, 0.1) is 7.11 Å². The fourth-order valence-electron chi connectivity index (χ4n) is 2.56. The lowest BCUT2D eigenvalue weighted by atomic mass is 9.96. The number of hydrogen-bond donors (Lipinski definition) is 6. The zero-order chi connectivity index (χ0) is 24.1. The molecule has 0 aliphatic heterocycles. The largest absolute Gasteiger partial charge is 0.497 e. The number of carboxylic acid groups (broad SMARTS) is 2. The van der Waals surface area contributed by atoms with Crippen LogP contribution in [-0.4, -0.2) is 52.7 Å². The van der Waals surface area contributed by atoms with Gasteiger partial charge in [-0.15, -0.1) is 11.8 Å². The van der Waals surface area contributed by atoms with Crippen LogP contribution < -0.4 is 21.9 Å². The number of carbonyl (C=O) groups is 2. The summed E-state index contributed by atoms with van der Waals surface area (Å²) in [5, 5.41) is 28.3. The Bertz CT molecular complexity index is 865. The van der Waals surface area contributed by atoms with Crippen molar-refractivity contribution < 1.29 is 29.6 Å². The van der Waals surface area contributed by atoms with Crippen LogP contribution in [0.2, 0.25) is 0 Å². The Morgan fingerprint density at radius 3 is 2.22 bits per heavy atom. The van der Waals surface area contributed by atoms with Gasteiger partial charge in [-0.25, -0.2) is 4.79 Å². The van der Waals surface area contributed by atoms with E-state index in [0.717, 1.165) is 17.7 Å². The lowest BCUT2D eigenvalue weighted by molar-refractivity contribution is -0.157. The van der Waals surface area contributed by atoms with Gasteiger partial charge >= 0.3 is 11.9 Å². The molecule has 9 N–H and O–H groups in total. The summed E-state index contributed by atoms with van der Waals surface area (Å²) in [7, 11) is 1.52. The number of nitrogens with two attached hydrogens (primary N) is 3. The number of aliphatic carboxylic acids is 2. The number of carboxylic acids is 2. The zero-order valence-corrected chi connectivity index (χ0v) is 18.8. The summed E-state index contributed by atoms with van der Waals surface area (Å²) in [6.45, 7) is 0.604. The summed E-state index contributed by atoms with van der Waals surface area (Å²) < 4.78 is 5.04. The Hall–Kier alpha value is -2.79. The quantitative estimate of drug-likeness (QED) is 0.163. The van der Waals surface area contributed by atoms with Gasteiger partial charge < -0.3 is 37.3 Å². The predicted octanol–water partition coefficient (Wildman–Crippen LogP) is 1.87. The average molecular weight is 466 g/mol. The van der Waals surface area contributed by atoms with E-state index in [9.17, 15) is 19.8 Å². The van der Waals surface area contributed by atoms with Gasteiger partial charge in [0.25, 0.3) is 0 Å². The van der Waals surface area contributed by atoms with Crippen LogP contribution in [0, 0.1) is 0 Å². The summed E-state index contributed by atoms with van der Waals surface area (Å²) >= 11 is 1.20. The summed E-state index contributed by atoms with van der Waals surface area (Å²) in [4.78, 5) is 22.4. The Kier molecular flexibility index (Phi) is 11.6. The molecule has 1 unspecified atom stereocenters. The number of rotatable bonds is 11. The first-order valence-corrected chi connectivity index (χ1v) is 10.9. The monoisotopic (exact) mass is 465 g/mol. The second-order valence-corrected chi connectivity index (χ2v) is 7.97. The third-order valence-electron chi connectivity index (χ3n) is 4.56. The highest BCUT2D eigenvalue weighted by molar-refractivity contribution is 7.99. The van der Waals surface area contributed by atoms with Gasteiger partial charge in [-0.3, -0.25) is 4.79 Å². The second kappa shape index (κ2) is 13.6. The maximum absolute atomic E-state index is 11.6. The van der Waals surface area contributed by atoms with E-state index in [-0.39, 0.29) is 5.75 Å². The first-order chi connectivity index (χ1) is 15.2. The first kappa shape index (κ1) is 27.2. The number of aliphatic hydroxyl groups is 1. The number of thioether (sulfide) groups is 1. The fourth-order valence-corrected chi connectivity index (χ4v) is 3.63. The van der Waals surface area contributed by atoms with E-state index in [1.807, 2.05) is 6.07 Å². The highest BCUT2D eigenvalue weighted by Crippen LogP contribution is 2.33. The molecule has 2 atom stereocenters. The molecule has 0 aromatic heterocycles. The van der Waals surface area contributed by atoms with Crippen LogP contribution >= 0.6 is 11.8 Å². The molecule has 0 radical (unpaired) electrons. The van der Waals surface area contributed by atoms with Gasteiger partial charge in [-0.2, -0.15) is 0 Å². The average Bonchev–Trinajstić information content (AvgIpc) is 2.78. The van der Waals surface area contributed by atoms with Crippen LogP contribution in [0.3, 0.4) is 0 Å². The summed E-state index contributed by atoms with van der Waals surface area (Å²) in [5.41, 5.74) is 15.1. The molecule has 0 saturated heterocycles. The second-order valence-electron chi connectivity index (χ2n) is 6.95. The van der Waals surface area contributed by atoms with Crippen LogP contribution in [0.5, 0.6) is 5.75 Å². The molecule has 0 spiro atoms. The summed E-state index contributed by atoms with van der Waals surface area (Å²) in [6, 6.07) is 12.7. The Balaban J connectivity index is 0.000000433. The molecule has 0 aliphatic rings. The van der Waals surface area contributed by atoms with Gasteiger partial charge in [-0.05, 0) is 49.2 Å². The fraction of sp³-hybridized carbons (Fsp3) is 0.364. The molecule has 0 bridgehead atoms. The van der Waals surface area contributed by atoms with E-state index < -0.39 is 23.6 Å². The highest BCUT2D eigenvalue weighted by Gasteiger charge is 2.38. The van der Waals surface area contributed by atoms with E-state index in [2.05, 4.69) is 0 Å². The minimum absolute atomic E-state index is 0.0527. The minimum atomic E-state index is -2.00. The smallest absolute Gasteiger partial charge is 0.341 e. The molecule has 0 fully saturated rings. The van der Waals surface area contributed by atoms with Gasteiger partial charge in [0, 0.05) is 16.3 Å². The van der Waals surface area contributed by atoms with Crippen molar-refractivity contribution in [2.75, 3.05) is 25.1 Å². The van der Waals surface area contributed by atoms with Crippen LogP contribution in [-0.2, 0) is 15.2 Å². The molecule has 176 valence electrons. The van der Waals surface area contributed by atoms with E-state index >= 15 is 0 Å². The summed E-state index contributed by atoms with van der Waals surface area (Å²) in [5.74, 6) is -1.70. The van der Waals surface area contributed by atoms with Crippen molar-refractivity contribution in [3.8, 4) is 5.75 Å². The number of para-hydroxylation sites is 1. The van der Waals surface area contributed by atoms with Crippen LogP contribution in [0.25, 0.3) is 0 Å². The van der Waals surface area contributed by atoms with Gasteiger partial charge in [0.2, 0.25) is 0 Å². The van der Waals surface area contributed by atoms with Crippen LogP contribution in [0.1, 0.15) is 24.8 Å². The third-order valence-corrected chi connectivity index (χ3v) is 5.81. The number of methoxy groups -OCH3 is 1. The lowest BCUT2D eigenvalue weighted by Gasteiger charge is -2.24. The van der Waals surface area contributed by atoms with Crippen molar-refractivity contribution in [1.29, 1.82) is 0 Å². The van der Waals surface area contributed by atoms with E-state index in [1.54, 1.807) is 42.5 Å². The number of anilines is 1. The molecular weight excluding hydrogens is 434 g/mol. The lowest BCUT2D eigenvalue weighted by Crippen LogP contribution is -2.38. The van der Waals surface area contributed by atoms with Crippen molar-refractivity contribution >= 4 is 29.4 Å². The molecule has 9 nitrogen and oxygen atoms in total. The molecule has 2 aromatic rings. The zero-order valence-electron chi connectivity index (χ0n) is 17.9. The van der Waals surface area contributed by atoms with Crippen molar-refractivity contribution in [3.63, 3.8) is 0 Å². The molecule has 0 aliphatic carbocycles. The summed E-state index contributed by atoms with van der Waals surface area (Å²) in [6.07, 6.45) is 2.16. The van der Waals surface area contributed by atoms with Gasteiger partial charge in [-0.1, -0.05) is 30.7 Å². The Morgan fingerprint density at radius 1 is 1.09 bits per heavy atom. The number of ether oxygens (including phenoxy) is 1. The predicted molar refractivity (Wildman–Crippen MR) is 125 cm³/mol. The standard InChI is InChI=1S/C16H17NO4S.C6H14N2O2/c1-21-12-8-6-11(7-9-12)16(20,15(18)19)10-22-14-5-3-2-4-13(14)17;7-4-2-1-3-5(8)6(9)10/h2-9,20H,10,17H2,1H3,(H,18,19);5H,1-4,7-8H2,(H,9,10)/t;5-/m.0/s1. The molecule has 0 heterocycles. The van der Waals surface area contributed by atoms with Crippen molar-refractivity contribution in [2.45, 2.75) is 35.8 Å². The SMILES string of the molecule is COc1ccc(C(O)(CSc2ccccc2N)C(=O)O)cc1.NCCCC[C@H](N)C(=O)O. The van der Waals surface area contributed by atoms with Crippen LogP contribution in [0.4, 0.5) is 5.69 Å².